The van der Waals surface area contributed by atoms with Crippen LogP contribution in [0.4, 0.5) is 5.69 Å². The minimum atomic E-state index is -0.0439. The lowest BCUT2D eigenvalue weighted by atomic mass is 10.2. The topological polar surface area (TPSA) is 72.7 Å². The van der Waals surface area contributed by atoms with E-state index >= 15 is 0 Å². The van der Waals surface area contributed by atoms with Gasteiger partial charge in [-0.2, -0.15) is 0 Å². The SMILES string of the molecule is Cc1ccccc1NC(=O)CSc1nnc(-c2cccnc2)n1C1CC1. The van der Waals surface area contributed by atoms with Crippen LogP contribution in [0.25, 0.3) is 11.4 Å². The molecule has 0 atom stereocenters. The summed E-state index contributed by atoms with van der Waals surface area (Å²) >= 11 is 1.42. The van der Waals surface area contributed by atoms with E-state index in [0.717, 1.165) is 40.6 Å². The van der Waals surface area contributed by atoms with Crippen molar-refractivity contribution in [2.75, 3.05) is 11.1 Å². The monoisotopic (exact) mass is 365 g/mol. The van der Waals surface area contributed by atoms with Gasteiger partial charge in [-0.15, -0.1) is 10.2 Å². The van der Waals surface area contributed by atoms with Crippen LogP contribution in [0.15, 0.2) is 53.9 Å². The van der Waals surface area contributed by atoms with Gasteiger partial charge in [0.2, 0.25) is 5.91 Å². The van der Waals surface area contributed by atoms with Gasteiger partial charge in [0.05, 0.1) is 5.75 Å². The van der Waals surface area contributed by atoms with Gasteiger partial charge in [0, 0.05) is 29.7 Å². The summed E-state index contributed by atoms with van der Waals surface area (Å²) in [5.41, 5.74) is 2.84. The zero-order chi connectivity index (χ0) is 17.9. The summed E-state index contributed by atoms with van der Waals surface area (Å²) in [6.07, 6.45) is 5.78. The largest absolute Gasteiger partial charge is 0.325 e. The second-order valence-electron chi connectivity index (χ2n) is 6.30. The van der Waals surface area contributed by atoms with Crippen LogP contribution < -0.4 is 5.32 Å². The summed E-state index contributed by atoms with van der Waals surface area (Å²) in [6, 6.07) is 12.1. The first kappa shape index (κ1) is 16.8. The first-order chi connectivity index (χ1) is 12.7. The summed E-state index contributed by atoms with van der Waals surface area (Å²) in [7, 11) is 0. The van der Waals surface area contributed by atoms with Crippen LogP contribution in [0.5, 0.6) is 0 Å². The van der Waals surface area contributed by atoms with Gasteiger partial charge in [0.15, 0.2) is 11.0 Å². The first-order valence-electron chi connectivity index (χ1n) is 8.56. The van der Waals surface area contributed by atoms with Gasteiger partial charge in [0.1, 0.15) is 0 Å². The molecule has 3 aromatic rings. The normalized spacial score (nSPS) is 13.6. The highest BCUT2D eigenvalue weighted by atomic mass is 32.2. The van der Waals surface area contributed by atoms with Crippen LogP contribution in [-0.2, 0) is 4.79 Å². The van der Waals surface area contributed by atoms with Crippen LogP contribution in [0, 0.1) is 6.92 Å². The Kier molecular flexibility index (Phi) is 4.71. The van der Waals surface area contributed by atoms with Crippen molar-refractivity contribution in [1.82, 2.24) is 19.7 Å². The lowest BCUT2D eigenvalue weighted by Gasteiger charge is -2.09. The number of nitrogens with zero attached hydrogens (tertiary/aromatic N) is 4. The maximum absolute atomic E-state index is 12.3. The Morgan fingerprint density at radius 3 is 2.81 bits per heavy atom. The predicted octanol–water partition coefficient (Wildman–Crippen LogP) is 3.71. The minimum absolute atomic E-state index is 0.0439. The molecular weight excluding hydrogens is 346 g/mol. The highest BCUT2D eigenvalue weighted by Gasteiger charge is 2.30. The van der Waals surface area contributed by atoms with E-state index in [2.05, 4.69) is 25.1 Å². The average molecular weight is 365 g/mol. The van der Waals surface area contributed by atoms with Crippen molar-refractivity contribution in [2.45, 2.75) is 31.0 Å². The maximum atomic E-state index is 12.3. The molecule has 26 heavy (non-hydrogen) atoms. The maximum Gasteiger partial charge on any atom is 0.234 e. The molecule has 1 aliphatic rings. The molecule has 2 aromatic heterocycles. The van der Waals surface area contributed by atoms with Crippen LogP contribution in [0.2, 0.25) is 0 Å². The van der Waals surface area contributed by atoms with E-state index in [1.807, 2.05) is 43.3 Å². The van der Waals surface area contributed by atoms with Crippen molar-refractivity contribution >= 4 is 23.4 Å². The third kappa shape index (κ3) is 3.62. The Morgan fingerprint density at radius 1 is 1.23 bits per heavy atom. The standard InChI is InChI=1S/C19H19N5OS/c1-13-5-2-3-7-16(13)21-17(25)12-26-19-23-22-18(24(19)15-8-9-15)14-6-4-10-20-11-14/h2-7,10-11,15H,8-9,12H2,1H3,(H,21,25). The second-order valence-corrected chi connectivity index (χ2v) is 7.24. The molecule has 1 aliphatic carbocycles. The molecule has 1 N–H and O–H groups in total. The molecular formula is C19H19N5OS. The minimum Gasteiger partial charge on any atom is -0.325 e. The number of carbonyl (C=O) groups is 1. The van der Waals surface area contributed by atoms with E-state index in [-0.39, 0.29) is 5.91 Å². The Bertz CT molecular complexity index is 921. The number of rotatable bonds is 6. The molecule has 0 spiro atoms. The third-order valence-corrected chi connectivity index (χ3v) is 5.19. The molecule has 0 unspecified atom stereocenters. The third-order valence-electron chi connectivity index (χ3n) is 4.25. The van der Waals surface area contributed by atoms with Gasteiger partial charge in [-0.3, -0.25) is 14.3 Å². The number of amides is 1. The highest BCUT2D eigenvalue weighted by Crippen LogP contribution is 2.40. The van der Waals surface area contributed by atoms with E-state index in [1.54, 1.807) is 12.4 Å². The van der Waals surface area contributed by atoms with Crippen molar-refractivity contribution in [2.24, 2.45) is 0 Å². The number of nitrogens with one attached hydrogen (secondary N) is 1. The van der Waals surface area contributed by atoms with E-state index in [4.69, 9.17) is 0 Å². The van der Waals surface area contributed by atoms with E-state index < -0.39 is 0 Å². The summed E-state index contributed by atoms with van der Waals surface area (Å²) in [5, 5.41) is 12.4. The van der Waals surface area contributed by atoms with Gasteiger partial charge in [-0.1, -0.05) is 30.0 Å². The molecule has 7 heteroatoms. The molecule has 0 bridgehead atoms. The van der Waals surface area contributed by atoms with E-state index in [1.165, 1.54) is 11.8 Å². The van der Waals surface area contributed by atoms with Crippen molar-refractivity contribution < 1.29 is 4.79 Å². The Hall–Kier alpha value is -2.67. The van der Waals surface area contributed by atoms with Crippen LogP contribution in [-0.4, -0.2) is 31.4 Å². The van der Waals surface area contributed by atoms with Gasteiger partial charge in [-0.25, -0.2) is 0 Å². The summed E-state index contributed by atoms with van der Waals surface area (Å²) in [6.45, 7) is 1.98. The first-order valence-corrected chi connectivity index (χ1v) is 9.54. The number of benzene rings is 1. The van der Waals surface area contributed by atoms with Crippen molar-refractivity contribution in [3.8, 4) is 11.4 Å². The Balaban J connectivity index is 1.48. The number of para-hydroxylation sites is 1. The highest BCUT2D eigenvalue weighted by molar-refractivity contribution is 7.99. The lowest BCUT2D eigenvalue weighted by Crippen LogP contribution is -2.15. The van der Waals surface area contributed by atoms with E-state index in [9.17, 15) is 4.79 Å². The number of pyridine rings is 1. The van der Waals surface area contributed by atoms with Crippen molar-refractivity contribution in [3.63, 3.8) is 0 Å². The number of aryl methyl sites for hydroxylation is 1. The summed E-state index contributed by atoms with van der Waals surface area (Å²) in [4.78, 5) is 16.5. The number of carbonyl (C=O) groups excluding carboxylic acids is 1. The zero-order valence-electron chi connectivity index (χ0n) is 14.4. The van der Waals surface area contributed by atoms with Gasteiger partial charge in [-0.05, 0) is 43.5 Å². The Morgan fingerprint density at radius 2 is 2.08 bits per heavy atom. The zero-order valence-corrected chi connectivity index (χ0v) is 15.2. The predicted molar refractivity (Wildman–Crippen MR) is 102 cm³/mol. The average Bonchev–Trinajstić information content (AvgIpc) is 3.42. The fourth-order valence-electron chi connectivity index (χ4n) is 2.76. The number of aromatic nitrogens is 4. The molecule has 1 amide bonds. The quantitative estimate of drug-likeness (QED) is 0.674. The molecule has 6 nitrogen and oxygen atoms in total. The molecule has 2 heterocycles. The van der Waals surface area contributed by atoms with Crippen LogP contribution in [0.1, 0.15) is 24.4 Å². The number of hydrogen-bond donors (Lipinski definition) is 1. The van der Waals surface area contributed by atoms with Crippen LogP contribution in [0.3, 0.4) is 0 Å². The fraction of sp³-hybridized carbons (Fsp3) is 0.263. The number of hydrogen-bond acceptors (Lipinski definition) is 5. The molecule has 1 saturated carbocycles. The van der Waals surface area contributed by atoms with Crippen molar-refractivity contribution in [3.05, 3.63) is 54.4 Å². The Labute approximate surface area is 156 Å². The smallest absolute Gasteiger partial charge is 0.234 e. The second kappa shape index (κ2) is 7.29. The molecule has 4 rings (SSSR count). The molecule has 0 saturated heterocycles. The van der Waals surface area contributed by atoms with E-state index in [0.29, 0.717) is 11.8 Å². The molecule has 1 aromatic carbocycles. The molecule has 1 fully saturated rings. The molecule has 0 radical (unpaired) electrons. The molecule has 132 valence electrons. The summed E-state index contributed by atoms with van der Waals surface area (Å²) in [5.74, 6) is 1.08. The van der Waals surface area contributed by atoms with Crippen molar-refractivity contribution in [1.29, 1.82) is 0 Å². The molecule has 0 aliphatic heterocycles. The number of thioether (sulfide) groups is 1. The summed E-state index contributed by atoms with van der Waals surface area (Å²) < 4.78 is 2.14. The number of anilines is 1. The fourth-order valence-corrected chi connectivity index (χ4v) is 3.56. The van der Waals surface area contributed by atoms with Crippen LogP contribution >= 0.6 is 11.8 Å². The van der Waals surface area contributed by atoms with Gasteiger partial charge >= 0.3 is 0 Å². The van der Waals surface area contributed by atoms with Gasteiger partial charge < -0.3 is 5.32 Å². The lowest BCUT2D eigenvalue weighted by molar-refractivity contribution is -0.113. The van der Waals surface area contributed by atoms with Gasteiger partial charge in [0.25, 0.3) is 0 Å².